The van der Waals surface area contributed by atoms with Crippen molar-refractivity contribution < 1.29 is 0 Å². The third-order valence-electron chi connectivity index (χ3n) is 2.97. The highest BCUT2D eigenvalue weighted by atomic mass is 15.4. The van der Waals surface area contributed by atoms with E-state index in [2.05, 4.69) is 27.3 Å². The van der Waals surface area contributed by atoms with E-state index in [1.54, 1.807) is 6.20 Å². The molecule has 2 N–H and O–H groups in total. The quantitative estimate of drug-likeness (QED) is 0.511. The Morgan fingerprint density at radius 1 is 1.40 bits per heavy atom. The standard InChI is InChI=1S/C11H18N4/c1-3-5-10(12-4-2)15-8-11(9-15)6-13-14-7-11/h3-5,13-14H,2,6-9H2,1H3/b5-3-,12-10+. The Morgan fingerprint density at radius 3 is 2.60 bits per heavy atom. The first-order valence-electron chi connectivity index (χ1n) is 5.32. The molecule has 0 aromatic heterocycles. The van der Waals surface area contributed by atoms with E-state index in [-0.39, 0.29) is 0 Å². The maximum Gasteiger partial charge on any atom is 0.128 e. The second-order valence-corrected chi connectivity index (χ2v) is 4.23. The molecule has 0 aromatic rings. The molecule has 0 aromatic carbocycles. The summed E-state index contributed by atoms with van der Waals surface area (Å²) in [5, 5.41) is 0. The van der Waals surface area contributed by atoms with Crippen LogP contribution in [0.15, 0.2) is 29.9 Å². The molecule has 0 bridgehead atoms. The van der Waals surface area contributed by atoms with Crippen LogP contribution in [0.1, 0.15) is 6.92 Å². The number of nitrogens with one attached hydrogen (secondary N) is 2. The summed E-state index contributed by atoms with van der Waals surface area (Å²) in [6.45, 7) is 9.91. The zero-order valence-corrected chi connectivity index (χ0v) is 9.16. The van der Waals surface area contributed by atoms with Gasteiger partial charge in [-0.25, -0.2) is 4.99 Å². The molecule has 2 aliphatic heterocycles. The lowest BCUT2D eigenvalue weighted by atomic mass is 9.80. The number of likely N-dealkylation sites (tertiary alicyclic amines) is 1. The Balaban J connectivity index is 1.96. The third kappa shape index (κ3) is 1.96. The van der Waals surface area contributed by atoms with E-state index in [9.17, 15) is 0 Å². The fraction of sp³-hybridized carbons (Fsp3) is 0.545. The number of amidine groups is 1. The Kier molecular flexibility index (Phi) is 2.88. The molecular formula is C11H18N4. The Morgan fingerprint density at radius 2 is 2.07 bits per heavy atom. The second kappa shape index (κ2) is 4.16. The van der Waals surface area contributed by atoms with Gasteiger partial charge in [-0.2, -0.15) is 0 Å². The highest BCUT2D eigenvalue weighted by Crippen LogP contribution is 2.31. The molecule has 0 unspecified atom stereocenters. The molecule has 2 saturated heterocycles. The number of nitrogens with zero attached hydrogens (tertiary/aromatic N) is 2. The first-order chi connectivity index (χ1) is 7.29. The average Bonchev–Trinajstić information content (AvgIpc) is 2.64. The predicted octanol–water partition coefficient (Wildman–Crippen LogP) is 0.514. The molecule has 2 rings (SSSR count). The molecule has 0 aliphatic carbocycles. The molecule has 1 spiro atoms. The van der Waals surface area contributed by atoms with Gasteiger partial charge in [-0.1, -0.05) is 12.7 Å². The smallest absolute Gasteiger partial charge is 0.128 e. The van der Waals surface area contributed by atoms with Crippen LogP contribution in [0.25, 0.3) is 0 Å². The molecule has 0 saturated carbocycles. The Hall–Kier alpha value is -1.13. The minimum atomic E-state index is 0.420. The number of hydrazine groups is 1. The number of allylic oxidation sites excluding steroid dienone is 1. The first kappa shape index (κ1) is 10.4. The van der Waals surface area contributed by atoms with Gasteiger partial charge in [0.25, 0.3) is 0 Å². The minimum absolute atomic E-state index is 0.420. The lowest BCUT2D eigenvalue weighted by Crippen LogP contribution is -2.60. The van der Waals surface area contributed by atoms with Crippen LogP contribution < -0.4 is 10.9 Å². The zero-order chi connectivity index (χ0) is 10.7. The van der Waals surface area contributed by atoms with Crippen LogP contribution in [-0.2, 0) is 0 Å². The van der Waals surface area contributed by atoms with Crippen LogP contribution in [0.5, 0.6) is 0 Å². The summed E-state index contributed by atoms with van der Waals surface area (Å²) in [6, 6.07) is 0. The third-order valence-corrected chi connectivity index (χ3v) is 2.97. The fourth-order valence-corrected chi connectivity index (χ4v) is 2.18. The highest BCUT2D eigenvalue weighted by Gasteiger charge is 2.45. The Bertz CT molecular complexity index is 292. The van der Waals surface area contributed by atoms with Crippen LogP contribution in [-0.4, -0.2) is 36.9 Å². The topological polar surface area (TPSA) is 39.7 Å². The number of rotatable bonds is 2. The largest absolute Gasteiger partial charge is 0.355 e. The van der Waals surface area contributed by atoms with Crippen molar-refractivity contribution in [2.24, 2.45) is 10.4 Å². The highest BCUT2D eigenvalue weighted by molar-refractivity contribution is 5.94. The van der Waals surface area contributed by atoms with Gasteiger partial charge in [0, 0.05) is 37.8 Å². The van der Waals surface area contributed by atoms with Crippen LogP contribution in [0, 0.1) is 5.41 Å². The SMILES string of the molecule is C=C/N=C(\C=C/C)N1CC2(CNNC2)C1. The molecule has 4 heteroatoms. The first-order valence-corrected chi connectivity index (χ1v) is 5.32. The number of hydrogen-bond acceptors (Lipinski definition) is 3. The second-order valence-electron chi connectivity index (χ2n) is 4.23. The van der Waals surface area contributed by atoms with E-state index in [1.807, 2.05) is 19.1 Å². The maximum absolute atomic E-state index is 4.27. The zero-order valence-electron chi connectivity index (χ0n) is 9.16. The molecule has 2 heterocycles. The van der Waals surface area contributed by atoms with Crippen molar-refractivity contribution in [2.45, 2.75) is 6.92 Å². The monoisotopic (exact) mass is 206 g/mol. The van der Waals surface area contributed by atoms with Gasteiger partial charge in [0.1, 0.15) is 5.84 Å². The lowest BCUT2D eigenvalue weighted by molar-refractivity contribution is 0.0922. The number of hydrogen-bond donors (Lipinski definition) is 2. The summed E-state index contributed by atoms with van der Waals surface area (Å²) < 4.78 is 0. The van der Waals surface area contributed by atoms with Gasteiger partial charge in [0.05, 0.1) is 0 Å². The van der Waals surface area contributed by atoms with Crippen LogP contribution in [0.4, 0.5) is 0 Å². The van der Waals surface area contributed by atoms with Crippen LogP contribution in [0.2, 0.25) is 0 Å². The molecule has 0 radical (unpaired) electrons. The van der Waals surface area contributed by atoms with Crippen molar-refractivity contribution in [3.8, 4) is 0 Å². The number of aliphatic imine (C=N–C) groups is 1. The van der Waals surface area contributed by atoms with E-state index < -0.39 is 0 Å². The van der Waals surface area contributed by atoms with Crippen molar-refractivity contribution in [3.63, 3.8) is 0 Å². The van der Waals surface area contributed by atoms with Crippen molar-refractivity contribution in [1.82, 2.24) is 15.8 Å². The van der Waals surface area contributed by atoms with Crippen molar-refractivity contribution in [2.75, 3.05) is 26.2 Å². The summed E-state index contributed by atoms with van der Waals surface area (Å²) in [5.74, 6) is 1.02. The molecule has 2 aliphatic rings. The van der Waals surface area contributed by atoms with E-state index >= 15 is 0 Å². The van der Waals surface area contributed by atoms with E-state index in [0.29, 0.717) is 5.41 Å². The summed E-state index contributed by atoms with van der Waals surface area (Å²) in [5.41, 5.74) is 6.79. The van der Waals surface area contributed by atoms with Gasteiger partial charge in [0.2, 0.25) is 0 Å². The molecule has 0 atom stereocenters. The van der Waals surface area contributed by atoms with E-state index in [4.69, 9.17) is 0 Å². The van der Waals surface area contributed by atoms with E-state index in [0.717, 1.165) is 32.0 Å². The maximum atomic E-state index is 4.27. The summed E-state index contributed by atoms with van der Waals surface area (Å²) >= 11 is 0. The average molecular weight is 206 g/mol. The summed E-state index contributed by atoms with van der Waals surface area (Å²) in [7, 11) is 0. The van der Waals surface area contributed by atoms with E-state index in [1.165, 1.54) is 0 Å². The molecule has 15 heavy (non-hydrogen) atoms. The molecule has 4 nitrogen and oxygen atoms in total. The van der Waals surface area contributed by atoms with Crippen molar-refractivity contribution >= 4 is 5.84 Å². The van der Waals surface area contributed by atoms with Gasteiger partial charge in [-0.05, 0) is 13.0 Å². The van der Waals surface area contributed by atoms with Gasteiger partial charge in [-0.3, -0.25) is 10.9 Å². The molecule has 0 amide bonds. The lowest BCUT2D eigenvalue weighted by Gasteiger charge is -2.48. The van der Waals surface area contributed by atoms with Gasteiger partial charge in [-0.15, -0.1) is 0 Å². The van der Waals surface area contributed by atoms with Gasteiger partial charge in [0.15, 0.2) is 0 Å². The molecular weight excluding hydrogens is 188 g/mol. The van der Waals surface area contributed by atoms with Crippen LogP contribution >= 0.6 is 0 Å². The predicted molar refractivity (Wildman–Crippen MR) is 62.5 cm³/mol. The molecule has 82 valence electrons. The fourth-order valence-electron chi connectivity index (χ4n) is 2.18. The Labute approximate surface area is 90.7 Å². The summed E-state index contributed by atoms with van der Waals surface area (Å²) in [6.07, 6.45) is 5.65. The van der Waals surface area contributed by atoms with Gasteiger partial charge >= 0.3 is 0 Å². The van der Waals surface area contributed by atoms with Crippen molar-refractivity contribution in [3.05, 3.63) is 24.9 Å². The normalized spacial score (nSPS) is 24.9. The van der Waals surface area contributed by atoms with Crippen LogP contribution in [0.3, 0.4) is 0 Å². The molecule has 2 fully saturated rings. The minimum Gasteiger partial charge on any atom is -0.355 e. The van der Waals surface area contributed by atoms with Crippen molar-refractivity contribution in [1.29, 1.82) is 0 Å². The summed E-state index contributed by atoms with van der Waals surface area (Å²) in [4.78, 5) is 6.56. The van der Waals surface area contributed by atoms with Gasteiger partial charge < -0.3 is 4.90 Å².